The van der Waals surface area contributed by atoms with E-state index >= 15 is 0 Å². The quantitative estimate of drug-likeness (QED) is 0.713. The Labute approximate surface area is 203 Å². The molecule has 0 radical (unpaired) electrons. The van der Waals surface area contributed by atoms with Crippen LogP contribution in [-0.2, 0) is 11.2 Å². The summed E-state index contributed by atoms with van der Waals surface area (Å²) in [5.41, 5.74) is 3.27. The van der Waals surface area contributed by atoms with Gasteiger partial charge in [0.05, 0.1) is 13.0 Å². The van der Waals surface area contributed by atoms with E-state index < -0.39 is 0 Å². The summed E-state index contributed by atoms with van der Waals surface area (Å²) in [4.78, 5) is 21.7. The van der Waals surface area contributed by atoms with E-state index in [0.717, 1.165) is 37.1 Å². The van der Waals surface area contributed by atoms with Crippen LogP contribution >= 0.6 is 0 Å². The number of pyridine rings is 1. The Kier molecular flexibility index (Phi) is 7.27. The number of carbonyl (C=O) groups is 1. The molecule has 2 aromatic rings. The summed E-state index contributed by atoms with van der Waals surface area (Å²) in [6.07, 6.45) is 11.0. The fourth-order valence-electron chi connectivity index (χ4n) is 6.00. The van der Waals surface area contributed by atoms with Crippen LogP contribution < -0.4 is 0 Å². The van der Waals surface area contributed by atoms with E-state index in [0.29, 0.717) is 18.9 Å². The van der Waals surface area contributed by atoms with Crippen molar-refractivity contribution in [1.29, 1.82) is 0 Å². The zero-order valence-electron chi connectivity index (χ0n) is 19.9. The van der Waals surface area contributed by atoms with E-state index in [1.165, 1.54) is 31.2 Å². The topological polar surface area (TPSA) is 56.7 Å². The van der Waals surface area contributed by atoms with Gasteiger partial charge < -0.3 is 10.0 Å². The molecule has 0 spiro atoms. The van der Waals surface area contributed by atoms with Crippen LogP contribution in [0.3, 0.4) is 0 Å². The van der Waals surface area contributed by atoms with Crippen molar-refractivity contribution < 1.29 is 9.90 Å². The second kappa shape index (κ2) is 10.7. The van der Waals surface area contributed by atoms with Gasteiger partial charge in [0, 0.05) is 55.0 Å². The Bertz CT molecular complexity index is 1020. The standard InChI is InChI=1S/C29H35N3O2/c33-21-27-29(25-13-11-23(12-14-25)10-9-22-6-1-2-7-22)26-20-31(16-3-4-17-32(26)27)28(34)18-24-8-5-15-30-19-24/h5,8,11-15,19,22,26-27,29,33H,1-4,6-7,16-18,20-21H2/t26-,27+,29-/m0/s1. The Hall–Kier alpha value is -2.68. The summed E-state index contributed by atoms with van der Waals surface area (Å²) in [6.45, 7) is 2.65. The van der Waals surface area contributed by atoms with Gasteiger partial charge in [-0.3, -0.25) is 14.7 Å². The average molecular weight is 458 g/mol. The number of hydrogen-bond acceptors (Lipinski definition) is 4. The van der Waals surface area contributed by atoms with E-state index in [2.05, 4.69) is 46.0 Å². The van der Waals surface area contributed by atoms with Crippen molar-refractivity contribution in [3.8, 4) is 11.8 Å². The fraction of sp³-hybridized carbons (Fsp3) is 0.517. The number of aliphatic hydroxyl groups is 1. The number of rotatable bonds is 4. The number of fused-ring (bicyclic) bond motifs is 1. The van der Waals surface area contributed by atoms with Crippen LogP contribution in [0.15, 0.2) is 48.8 Å². The molecule has 178 valence electrons. The predicted molar refractivity (Wildman–Crippen MR) is 133 cm³/mol. The normalized spacial score (nSPS) is 25.4. The average Bonchev–Trinajstić information content (AvgIpc) is 3.37. The largest absolute Gasteiger partial charge is 0.395 e. The van der Waals surface area contributed by atoms with E-state index in [9.17, 15) is 9.90 Å². The smallest absolute Gasteiger partial charge is 0.227 e. The van der Waals surface area contributed by atoms with Crippen molar-refractivity contribution >= 4 is 5.91 Å². The molecule has 5 nitrogen and oxygen atoms in total. The van der Waals surface area contributed by atoms with Crippen LogP contribution in [0.5, 0.6) is 0 Å². The van der Waals surface area contributed by atoms with E-state index in [-0.39, 0.29) is 30.5 Å². The first-order valence-corrected chi connectivity index (χ1v) is 12.9. The summed E-state index contributed by atoms with van der Waals surface area (Å²) in [5, 5.41) is 10.2. The minimum absolute atomic E-state index is 0.119. The number of aliphatic hydroxyl groups excluding tert-OH is 1. The Balaban J connectivity index is 1.30. The Morgan fingerprint density at radius 1 is 1.06 bits per heavy atom. The molecule has 3 aliphatic rings. The number of aromatic nitrogens is 1. The highest BCUT2D eigenvalue weighted by molar-refractivity contribution is 5.78. The van der Waals surface area contributed by atoms with Gasteiger partial charge in [-0.25, -0.2) is 0 Å². The first-order valence-electron chi connectivity index (χ1n) is 12.9. The lowest BCUT2D eigenvalue weighted by molar-refractivity contribution is -0.135. The van der Waals surface area contributed by atoms with Crippen molar-refractivity contribution in [2.45, 2.75) is 62.9 Å². The molecular weight excluding hydrogens is 422 g/mol. The van der Waals surface area contributed by atoms with Crippen molar-refractivity contribution in [1.82, 2.24) is 14.8 Å². The molecule has 5 heteroatoms. The van der Waals surface area contributed by atoms with Crippen LogP contribution in [0.2, 0.25) is 0 Å². The van der Waals surface area contributed by atoms with E-state index in [1.54, 1.807) is 12.4 Å². The third-order valence-electron chi connectivity index (χ3n) is 7.87. The van der Waals surface area contributed by atoms with Crippen molar-refractivity contribution in [3.05, 3.63) is 65.5 Å². The lowest BCUT2D eigenvalue weighted by atomic mass is 9.74. The number of nitrogens with zero attached hydrogens (tertiary/aromatic N) is 3. The van der Waals surface area contributed by atoms with Gasteiger partial charge in [-0.1, -0.05) is 42.9 Å². The lowest BCUT2D eigenvalue weighted by Gasteiger charge is -2.57. The van der Waals surface area contributed by atoms with Crippen LogP contribution in [0, 0.1) is 17.8 Å². The molecule has 3 heterocycles. The number of amides is 1. The highest BCUT2D eigenvalue weighted by Crippen LogP contribution is 2.42. The van der Waals surface area contributed by atoms with Gasteiger partial charge >= 0.3 is 0 Å². The predicted octanol–water partition coefficient (Wildman–Crippen LogP) is 3.62. The third kappa shape index (κ3) is 5.04. The Morgan fingerprint density at radius 3 is 2.59 bits per heavy atom. The summed E-state index contributed by atoms with van der Waals surface area (Å²) >= 11 is 0. The molecule has 1 N–H and O–H groups in total. The van der Waals surface area contributed by atoms with Gasteiger partial charge in [0.2, 0.25) is 5.91 Å². The zero-order valence-corrected chi connectivity index (χ0v) is 19.9. The molecule has 3 fully saturated rings. The first-order chi connectivity index (χ1) is 16.7. The minimum atomic E-state index is 0.119. The van der Waals surface area contributed by atoms with Gasteiger partial charge in [-0.05, 0) is 61.6 Å². The van der Waals surface area contributed by atoms with Gasteiger partial charge in [0.1, 0.15) is 0 Å². The molecule has 2 aliphatic heterocycles. The molecular formula is C29H35N3O2. The summed E-state index contributed by atoms with van der Waals surface area (Å²) < 4.78 is 0. The second-order valence-electron chi connectivity index (χ2n) is 10.0. The van der Waals surface area contributed by atoms with Crippen LogP contribution in [-0.4, -0.2) is 64.1 Å². The zero-order chi connectivity index (χ0) is 23.3. The molecule has 0 bridgehead atoms. The first kappa shape index (κ1) is 23.1. The van der Waals surface area contributed by atoms with Gasteiger partial charge in [0.15, 0.2) is 0 Å². The molecule has 1 aliphatic carbocycles. The SMILES string of the molecule is O=C(Cc1cccnc1)N1CCCCN2[C@H](CO)[C@@H](c3ccc(C#CC4CCCC4)cc3)[C@@H]2C1. The molecule has 3 atom stereocenters. The van der Waals surface area contributed by atoms with Crippen molar-refractivity contribution in [2.24, 2.45) is 5.92 Å². The second-order valence-corrected chi connectivity index (χ2v) is 10.0. The maximum atomic E-state index is 13.1. The van der Waals surface area contributed by atoms with E-state index in [4.69, 9.17) is 0 Å². The highest BCUT2D eigenvalue weighted by Gasteiger charge is 2.49. The van der Waals surface area contributed by atoms with Crippen LogP contribution in [0.25, 0.3) is 0 Å². The van der Waals surface area contributed by atoms with Crippen LogP contribution in [0.1, 0.15) is 61.1 Å². The molecule has 5 rings (SSSR count). The van der Waals surface area contributed by atoms with Crippen molar-refractivity contribution in [3.63, 3.8) is 0 Å². The molecule has 1 aromatic carbocycles. The maximum absolute atomic E-state index is 13.1. The fourth-order valence-corrected chi connectivity index (χ4v) is 6.00. The lowest BCUT2D eigenvalue weighted by Crippen LogP contribution is -2.68. The summed E-state index contributed by atoms with van der Waals surface area (Å²) in [6, 6.07) is 12.8. The number of benzene rings is 1. The third-order valence-corrected chi connectivity index (χ3v) is 7.87. The van der Waals surface area contributed by atoms with Gasteiger partial charge in [-0.15, -0.1) is 0 Å². The molecule has 1 amide bonds. The van der Waals surface area contributed by atoms with Crippen molar-refractivity contribution in [2.75, 3.05) is 26.2 Å². The molecule has 34 heavy (non-hydrogen) atoms. The monoisotopic (exact) mass is 457 g/mol. The van der Waals surface area contributed by atoms with Crippen LogP contribution in [0.4, 0.5) is 0 Å². The Morgan fingerprint density at radius 2 is 1.85 bits per heavy atom. The molecule has 1 aromatic heterocycles. The number of carbonyl (C=O) groups excluding carboxylic acids is 1. The molecule has 1 saturated carbocycles. The van der Waals surface area contributed by atoms with Gasteiger partial charge in [-0.2, -0.15) is 0 Å². The minimum Gasteiger partial charge on any atom is -0.395 e. The molecule has 0 unspecified atom stereocenters. The molecule has 2 saturated heterocycles. The van der Waals surface area contributed by atoms with E-state index in [1.807, 2.05) is 17.0 Å². The maximum Gasteiger partial charge on any atom is 0.227 e. The summed E-state index contributed by atoms with van der Waals surface area (Å²) in [5.74, 6) is 7.77. The summed E-state index contributed by atoms with van der Waals surface area (Å²) in [7, 11) is 0. The highest BCUT2D eigenvalue weighted by atomic mass is 16.3. The number of hydrogen-bond donors (Lipinski definition) is 1. The van der Waals surface area contributed by atoms with Gasteiger partial charge in [0.25, 0.3) is 0 Å².